The summed E-state index contributed by atoms with van der Waals surface area (Å²) in [6, 6.07) is 15.8. The molecule has 0 aromatic heterocycles. The fourth-order valence-corrected chi connectivity index (χ4v) is 5.71. The predicted molar refractivity (Wildman–Crippen MR) is 153 cm³/mol. The van der Waals surface area contributed by atoms with E-state index in [4.69, 9.17) is 4.74 Å². The quantitative estimate of drug-likeness (QED) is 0.139. The maximum absolute atomic E-state index is 12.8. The number of hydrogen-bond donors (Lipinski definition) is 0. The van der Waals surface area contributed by atoms with Gasteiger partial charge in [-0.05, 0) is 85.8 Å². The highest BCUT2D eigenvalue weighted by Gasteiger charge is 2.22. The first-order chi connectivity index (χ1) is 18.1. The first-order valence-corrected chi connectivity index (χ1v) is 15.0. The van der Waals surface area contributed by atoms with Crippen LogP contribution in [-0.2, 0) is 6.42 Å². The number of unbranched alkanes of at least 4 members (excludes halogenated alkanes) is 8. The van der Waals surface area contributed by atoms with Crippen molar-refractivity contribution in [2.45, 2.75) is 122 Å². The summed E-state index contributed by atoms with van der Waals surface area (Å²) < 4.78 is 5.64. The summed E-state index contributed by atoms with van der Waals surface area (Å²) in [5.74, 6) is 1.44. The Labute approximate surface area is 225 Å². The fourth-order valence-electron chi connectivity index (χ4n) is 5.71. The lowest BCUT2D eigenvalue weighted by Crippen LogP contribution is -2.14. The molecule has 0 atom stereocenters. The zero-order chi connectivity index (χ0) is 26.3. The van der Waals surface area contributed by atoms with Crippen molar-refractivity contribution >= 4 is 5.97 Å². The summed E-state index contributed by atoms with van der Waals surface area (Å²) >= 11 is 0. The van der Waals surface area contributed by atoms with Crippen LogP contribution in [-0.4, -0.2) is 5.97 Å². The maximum Gasteiger partial charge on any atom is 0.343 e. The number of ether oxygens (including phenoxy) is 1. The number of benzene rings is 2. The second-order valence-electron chi connectivity index (χ2n) is 11.0. The molecule has 200 valence electrons. The van der Waals surface area contributed by atoms with Gasteiger partial charge in [0.05, 0.1) is 11.1 Å². The lowest BCUT2D eigenvalue weighted by Gasteiger charge is -2.29. The monoisotopic (exact) mass is 501 g/mol. The molecule has 0 amide bonds. The summed E-state index contributed by atoms with van der Waals surface area (Å²) in [5, 5.41) is 9.62. The topological polar surface area (TPSA) is 50.1 Å². The van der Waals surface area contributed by atoms with Gasteiger partial charge in [0.15, 0.2) is 0 Å². The molecule has 1 aliphatic rings. The number of hydrogen-bond acceptors (Lipinski definition) is 3. The molecule has 0 aliphatic heterocycles. The third-order valence-corrected chi connectivity index (χ3v) is 8.12. The zero-order valence-electron chi connectivity index (χ0n) is 23.3. The number of nitrogens with zero attached hydrogens (tertiary/aromatic N) is 1. The minimum atomic E-state index is -0.400. The van der Waals surface area contributed by atoms with Gasteiger partial charge in [-0.15, -0.1) is 0 Å². The Kier molecular flexibility index (Phi) is 12.7. The van der Waals surface area contributed by atoms with Gasteiger partial charge >= 0.3 is 5.97 Å². The van der Waals surface area contributed by atoms with Crippen molar-refractivity contribution in [2.24, 2.45) is 5.92 Å². The number of carbonyl (C=O) groups excluding carboxylic acids is 1. The van der Waals surface area contributed by atoms with Crippen molar-refractivity contribution < 1.29 is 9.53 Å². The van der Waals surface area contributed by atoms with E-state index in [1.807, 2.05) is 24.3 Å². The first kappa shape index (κ1) is 29.0. The summed E-state index contributed by atoms with van der Waals surface area (Å²) in [5.41, 5.74) is 3.43. The highest BCUT2D eigenvalue weighted by atomic mass is 16.5. The van der Waals surface area contributed by atoms with E-state index < -0.39 is 5.97 Å². The van der Waals surface area contributed by atoms with E-state index in [1.165, 1.54) is 95.5 Å². The highest BCUT2D eigenvalue weighted by molar-refractivity contribution is 5.91. The van der Waals surface area contributed by atoms with Crippen LogP contribution in [0.4, 0.5) is 0 Å². The van der Waals surface area contributed by atoms with Gasteiger partial charge in [-0.25, -0.2) is 4.79 Å². The highest BCUT2D eigenvalue weighted by Crippen LogP contribution is 2.38. The SMILES string of the molecule is CCCCCCCCc1ccc(OC(=O)c2ccc(C3CCC(CCCCCC)CC3)cc2)c(C#N)c1. The molecule has 1 saturated carbocycles. The van der Waals surface area contributed by atoms with E-state index in [0.717, 1.165) is 24.3 Å². The molecule has 1 fully saturated rings. The lowest BCUT2D eigenvalue weighted by molar-refractivity contribution is 0.0734. The van der Waals surface area contributed by atoms with Gasteiger partial charge < -0.3 is 4.74 Å². The van der Waals surface area contributed by atoms with E-state index in [2.05, 4.69) is 32.0 Å². The Morgan fingerprint density at radius 1 is 0.838 bits per heavy atom. The molecule has 2 aromatic rings. The molecule has 0 bridgehead atoms. The van der Waals surface area contributed by atoms with Crippen LogP contribution in [0.2, 0.25) is 0 Å². The summed E-state index contributed by atoms with van der Waals surface area (Å²) in [4.78, 5) is 12.8. The average molecular weight is 502 g/mol. The fraction of sp³-hybridized carbons (Fsp3) is 0.588. The van der Waals surface area contributed by atoms with Gasteiger partial charge in [-0.2, -0.15) is 5.26 Å². The normalized spacial score (nSPS) is 17.3. The van der Waals surface area contributed by atoms with E-state index in [1.54, 1.807) is 6.07 Å². The van der Waals surface area contributed by atoms with Crippen molar-refractivity contribution in [3.63, 3.8) is 0 Å². The van der Waals surface area contributed by atoms with Crippen LogP contribution < -0.4 is 4.74 Å². The van der Waals surface area contributed by atoms with Crippen molar-refractivity contribution in [1.29, 1.82) is 5.26 Å². The number of nitriles is 1. The maximum atomic E-state index is 12.8. The van der Waals surface area contributed by atoms with Crippen LogP contribution in [0.1, 0.15) is 143 Å². The molecule has 0 unspecified atom stereocenters. The molecule has 37 heavy (non-hydrogen) atoms. The predicted octanol–water partition coefficient (Wildman–Crippen LogP) is 9.92. The van der Waals surface area contributed by atoms with Crippen LogP contribution in [0.15, 0.2) is 42.5 Å². The molecule has 0 heterocycles. The Balaban J connectivity index is 1.47. The minimum Gasteiger partial charge on any atom is -0.422 e. The van der Waals surface area contributed by atoms with Crippen LogP contribution in [0, 0.1) is 17.2 Å². The lowest BCUT2D eigenvalue weighted by atomic mass is 9.77. The summed E-state index contributed by atoms with van der Waals surface area (Å²) in [7, 11) is 0. The van der Waals surface area contributed by atoms with E-state index in [0.29, 0.717) is 22.8 Å². The minimum absolute atomic E-state index is 0.348. The first-order valence-electron chi connectivity index (χ1n) is 15.0. The van der Waals surface area contributed by atoms with E-state index >= 15 is 0 Å². The molecule has 0 saturated heterocycles. The smallest absolute Gasteiger partial charge is 0.343 e. The summed E-state index contributed by atoms with van der Waals surface area (Å²) in [6.45, 7) is 4.50. The molecule has 2 aromatic carbocycles. The van der Waals surface area contributed by atoms with Crippen LogP contribution in [0.3, 0.4) is 0 Å². The number of carbonyl (C=O) groups is 1. The number of esters is 1. The molecular weight excluding hydrogens is 454 g/mol. The largest absolute Gasteiger partial charge is 0.422 e. The van der Waals surface area contributed by atoms with Gasteiger partial charge in [0.1, 0.15) is 11.8 Å². The second-order valence-corrected chi connectivity index (χ2v) is 11.0. The molecular formula is C34H47NO2. The van der Waals surface area contributed by atoms with Crippen LogP contribution in [0.5, 0.6) is 5.75 Å². The summed E-state index contributed by atoms with van der Waals surface area (Å²) in [6.07, 6.45) is 20.4. The van der Waals surface area contributed by atoms with Crippen LogP contribution >= 0.6 is 0 Å². The number of rotatable bonds is 15. The Bertz CT molecular complexity index is 980. The third-order valence-electron chi connectivity index (χ3n) is 8.12. The van der Waals surface area contributed by atoms with Crippen LogP contribution in [0.25, 0.3) is 0 Å². The molecule has 3 rings (SSSR count). The molecule has 3 heteroatoms. The van der Waals surface area contributed by atoms with Gasteiger partial charge in [-0.1, -0.05) is 96.3 Å². The Hall–Kier alpha value is -2.60. The van der Waals surface area contributed by atoms with E-state index in [9.17, 15) is 10.1 Å². The molecule has 1 aliphatic carbocycles. The Morgan fingerprint density at radius 2 is 1.49 bits per heavy atom. The molecule has 0 radical (unpaired) electrons. The van der Waals surface area contributed by atoms with E-state index in [-0.39, 0.29) is 0 Å². The number of aryl methyl sites for hydroxylation is 1. The van der Waals surface area contributed by atoms with Gasteiger partial charge in [-0.3, -0.25) is 0 Å². The third kappa shape index (κ3) is 9.66. The zero-order valence-corrected chi connectivity index (χ0v) is 23.3. The van der Waals surface area contributed by atoms with Crippen molar-refractivity contribution in [1.82, 2.24) is 0 Å². The second kappa shape index (κ2) is 16.3. The van der Waals surface area contributed by atoms with Gasteiger partial charge in [0.25, 0.3) is 0 Å². The van der Waals surface area contributed by atoms with Crippen molar-refractivity contribution in [3.8, 4) is 11.8 Å². The van der Waals surface area contributed by atoms with Gasteiger partial charge in [0.2, 0.25) is 0 Å². The van der Waals surface area contributed by atoms with Crippen molar-refractivity contribution in [3.05, 3.63) is 64.7 Å². The standard InChI is InChI=1S/C34H47NO2/c1-3-5-7-9-10-12-14-28-17-24-33(32(25-28)26-35)37-34(36)31-22-20-30(21-23-31)29-18-15-27(16-19-29)13-11-8-6-4-2/h17,20-25,27,29H,3-16,18-19H2,1-2H3. The molecule has 3 nitrogen and oxygen atoms in total. The molecule has 0 spiro atoms. The van der Waals surface area contributed by atoms with Gasteiger partial charge in [0, 0.05) is 0 Å². The Morgan fingerprint density at radius 3 is 2.16 bits per heavy atom. The van der Waals surface area contributed by atoms with Crippen molar-refractivity contribution in [2.75, 3.05) is 0 Å². The molecule has 0 N–H and O–H groups in total. The average Bonchev–Trinajstić information content (AvgIpc) is 2.94.